The molecule has 25 heavy (non-hydrogen) atoms. The Morgan fingerprint density at radius 2 is 2.28 bits per heavy atom. The molecule has 0 aliphatic rings. The standard InChI is InChI=1S/C19H16N4O2/c1-14(15-4-2-5-17(10-15)23-8-7-21-13-23)22-19(24)16(12-20)11-18-6-3-9-25-18/h2-11,13-14H,1H3,(H,22,24)/b16-11-. The molecule has 1 aromatic carbocycles. The van der Waals surface area contributed by atoms with Crippen molar-refractivity contribution in [1.82, 2.24) is 14.9 Å². The molecule has 3 rings (SSSR count). The summed E-state index contributed by atoms with van der Waals surface area (Å²) >= 11 is 0. The molecule has 2 aromatic heterocycles. The molecule has 1 unspecified atom stereocenters. The molecule has 0 bridgehead atoms. The summed E-state index contributed by atoms with van der Waals surface area (Å²) in [6.45, 7) is 1.87. The first-order chi connectivity index (χ1) is 12.2. The molecule has 124 valence electrons. The summed E-state index contributed by atoms with van der Waals surface area (Å²) in [6.07, 6.45) is 8.17. The van der Waals surface area contributed by atoms with Crippen LogP contribution in [0.1, 0.15) is 24.3 Å². The number of hydrogen-bond acceptors (Lipinski definition) is 4. The van der Waals surface area contributed by atoms with Gasteiger partial charge >= 0.3 is 0 Å². The summed E-state index contributed by atoms with van der Waals surface area (Å²) in [5.74, 6) is 0.0147. The van der Waals surface area contributed by atoms with Crippen LogP contribution in [-0.4, -0.2) is 15.5 Å². The second kappa shape index (κ2) is 7.32. The Morgan fingerprint density at radius 3 is 2.96 bits per heavy atom. The molecule has 6 heteroatoms. The number of rotatable bonds is 5. The Kier molecular flexibility index (Phi) is 4.77. The van der Waals surface area contributed by atoms with Gasteiger partial charge in [-0.05, 0) is 36.8 Å². The Bertz CT molecular complexity index is 919. The number of benzene rings is 1. The number of aromatic nitrogens is 2. The van der Waals surface area contributed by atoms with Crippen molar-refractivity contribution in [2.75, 3.05) is 0 Å². The second-order valence-corrected chi connectivity index (χ2v) is 5.45. The minimum Gasteiger partial charge on any atom is -0.465 e. The average molecular weight is 332 g/mol. The van der Waals surface area contributed by atoms with Crippen LogP contribution in [0.2, 0.25) is 0 Å². The van der Waals surface area contributed by atoms with E-state index in [2.05, 4.69) is 10.3 Å². The molecule has 6 nitrogen and oxygen atoms in total. The highest BCUT2D eigenvalue weighted by atomic mass is 16.3. The SMILES string of the molecule is CC(NC(=O)/C(C#N)=C\c1ccco1)c1cccc(-n2ccnc2)c1. The molecule has 1 atom stereocenters. The van der Waals surface area contributed by atoms with Crippen molar-refractivity contribution in [1.29, 1.82) is 5.26 Å². The van der Waals surface area contributed by atoms with Crippen molar-refractivity contribution < 1.29 is 9.21 Å². The Morgan fingerprint density at radius 1 is 1.40 bits per heavy atom. The molecule has 1 amide bonds. The molecular weight excluding hydrogens is 316 g/mol. The van der Waals surface area contributed by atoms with E-state index in [0.717, 1.165) is 11.3 Å². The van der Waals surface area contributed by atoms with Gasteiger partial charge in [0.05, 0.1) is 18.6 Å². The zero-order chi connectivity index (χ0) is 17.6. The van der Waals surface area contributed by atoms with Crippen molar-refractivity contribution in [3.8, 4) is 11.8 Å². The Hall–Kier alpha value is -3.59. The molecule has 0 spiro atoms. The van der Waals surface area contributed by atoms with Gasteiger partial charge in [0.2, 0.25) is 0 Å². The highest BCUT2D eigenvalue weighted by Crippen LogP contribution is 2.17. The van der Waals surface area contributed by atoms with E-state index in [1.807, 2.05) is 48.0 Å². The van der Waals surface area contributed by atoms with Crippen molar-refractivity contribution in [2.24, 2.45) is 0 Å². The van der Waals surface area contributed by atoms with E-state index in [1.54, 1.807) is 24.7 Å². The molecule has 0 aliphatic carbocycles. The fourth-order valence-electron chi connectivity index (χ4n) is 2.39. The lowest BCUT2D eigenvalue weighted by Crippen LogP contribution is -2.27. The zero-order valence-electron chi connectivity index (χ0n) is 13.6. The predicted octanol–water partition coefficient (Wildman–Crippen LogP) is 3.25. The summed E-state index contributed by atoms with van der Waals surface area (Å²) in [5.41, 5.74) is 1.87. The number of furan rings is 1. The van der Waals surface area contributed by atoms with Crippen LogP contribution in [0.5, 0.6) is 0 Å². The summed E-state index contributed by atoms with van der Waals surface area (Å²) in [5, 5.41) is 12.1. The third-order valence-electron chi connectivity index (χ3n) is 3.72. The van der Waals surface area contributed by atoms with Crippen LogP contribution in [-0.2, 0) is 4.79 Å². The molecule has 0 saturated heterocycles. The minimum atomic E-state index is -0.445. The first-order valence-corrected chi connectivity index (χ1v) is 7.72. The van der Waals surface area contributed by atoms with E-state index in [1.165, 1.54) is 12.3 Å². The Balaban J connectivity index is 1.75. The number of nitriles is 1. The van der Waals surface area contributed by atoms with Crippen molar-refractivity contribution >= 4 is 12.0 Å². The van der Waals surface area contributed by atoms with Gasteiger partial charge in [-0.25, -0.2) is 4.98 Å². The first-order valence-electron chi connectivity index (χ1n) is 7.72. The number of carbonyl (C=O) groups excluding carboxylic acids is 1. The summed E-state index contributed by atoms with van der Waals surface area (Å²) in [4.78, 5) is 16.4. The van der Waals surface area contributed by atoms with Gasteiger partial charge in [-0.1, -0.05) is 12.1 Å². The van der Waals surface area contributed by atoms with Crippen LogP contribution >= 0.6 is 0 Å². The number of amides is 1. The Labute approximate surface area is 145 Å². The maximum absolute atomic E-state index is 12.3. The van der Waals surface area contributed by atoms with E-state index in [0.29, 0.717) is 5.76 Å². The first kappa shape index (κ1) is 16.3. The lowest BCUT2D eigenvalue weighted by atomic mass is 10.1. The van der Waals surface area contributed by atoms with Crippen LogP contribution in [0.15, 0.2) is 71.4 Å². The van der Waals surface area contributed by atoms with Crippen molar-refractivity contribution in [3.63, 3.8) is 0 Å². The van der Waals surface area contributed by atoms with Gasteiger partial charge in [0.25, 0.3) is 5.91 Å². The lowest BCUT2D eigenvalue weighted by molar-refractivity contribution is -0.117. The molecule has 3 aromatic rings. The maximum atomic E-state index is 12.3. The van der Waals surface area contributed by atoms with Crippen LogP contribution < -0.4 is 5.32 Å². The highest BCUT2D eigenvalue weighted by molar-refractivity contribution is 6.01. The number of hydrogen-bond donors (Lipinski definition) is 1. The smallest absolute Gasteiger partial charge is 0.262 e. The van der Waals surface area contributed by atoms with Crippen LogP contribution in [0, 0.1) is 11.3 Å². The number of nitrogens with zero attached hydrogens (tertiary/aromatic N) is 3. The topological polar surface area (TPSA) is 83.9 Å². The quantitative estimate of drug-likeness (QED) is 0.574. The van der Waals surface area contributed by atoms with Gasteiger partial charge in [0, 0.05) is 24.2 Å². The van der Waals surface area contributed by atoms with Gasteiger partial charge in [0.15, 0.2) is 0 Å². The molecule has 0 fully saturated rings. The summed E-state index contributed by atoms with van der Waals surface area (Å²) in [6, 6.07) is 12.8. The van der Waals surface area contributed by atoms with E-state index in [4.69, 9.17) is 4.42 Å². The van der Waals surface area contributed by atoms with Gasteiger partial charge < -0.3 is 14.3 Å². The van der Waals surface area contributed by atoms with E-state index in [-0.39, 0.29) is 11.6 Å². The van der Waals surface area contributed by atoms with Crippen LogP contribution in [0.3, 0.4) is 0 Å². The number of nitrogens with one attached hydrogen (secondary N) is 1. The summed E-state index contributed by atoms with van der Waals surface area (Å²) in [7, 11) is 0. The fraction of sp³-hybridized carbons (Fsp3) is 0.105. The van der Waals surface area contributed by atoms with E-state index < -0.39 is 5.91 Å². The van der Waals surface area contributed by atoms with Crippen molar-refractivity contribution in [2.45, 2.75) is 13.0 Å². The third kappa shape index (κ3) is 3.85. The molecule has 1 N–H and O–H groups in total. The number of carbonyl (C=O) groups is 1. The van der Waals surface area contributed by atoms with Crippen molar-refractivity contribution in [3.05, 3.63) is 78.3 Å². The van der Waals surface area contributed by atoms with E-state index in [9.17, 15) is 10.1 Å². The average Bonchev–Trinajstić information content (AvgIpc) is 3.33. The molecule has 0 saturated carbocycles. The lowest BCUT2D eigenvalue weighted by Gasteiger charge is -2.15. The minimum absolute atomic E-state index is 0.00689. The fourth-order valence-corrected chi connectivity index (χ4v) is 2.39. The highest BCUT2D eigenvalue weighted by Gasteiger charge is 2.14. The third-order valence-corrected chi connectivity index (χ3v) is 3.72. The summed E-state index contributed by atoms with van der Waals surface area (Å²) < 4.78 is 7.03. The molecule has 2 heterocycles. The predicted molar refractivity (Wildman–Crippen MR) is 92.4 cm³/mol. The monoisotopic (exact) mass is 332 g/mol. The normalized spacial score (nSPS) is 12.4. The maximum Gasteiger partial charge on any atom is 0.262 e. The largest absolute Gasteiger partial charge is 0.465 e. The van der Waals surface area contributed by atoms with Crippen LogP contribution in [0.4, 0.5) is 0 Å². The van der Waals surface area contributed by atoms with E-state index >= 15 is 0 Å². The van der Waals surface area contributed by atoms with Gasteiger partial charge in [-0.15, -0.1) is 0 Å². The number of imidazole rings is 1. The molecule has 0 aliphatic heterocycles. The van der Waals surface area contributed by atoms with Gasteiger partial charge in [0.1, 0.15) is 17.4 Å². The van der Waals surface area contributed by atoms with Crippen LogP contribution in [0.25, 0.3) is 11.8 Å². The van der Waals surface area contributed by atoms with Gasteiger partial charge in [-0.2, -0.15) is 5.26 Å². The molecular formula is C19H16N4O2. The second-order valence-electron chi connectivity index (χ2n) is 5.45. The zero-order valence-corrected chi connectivity index (χ0v) is 13.6. The van der Waals surface area contributed by atoms with Gasteiger partial charge in [-0.3, -0.25) is 4.79 Å². The molecule has 0 radical (unpaired) electrons.